The second-order valence-corrected chi connectivity index (χ2v) is 7.34. The Morgan fingerprint density at radius 2 is 1.86 bits per heavy atom. The van der Waals surface area contributed by atoms with Gasteiger partial charge in [0.2, 0.25) is 5.91 Å². The van der Waals surface area contributed by atoms with Crippen molar-refractivity contribution < 1.29 is 23.5 Å². The summed E-state index contributed by atoms with van der Waals surface area (Å²) >= 11 is 0. The van der Waals surface area contributed by atoms with Gasteiger partial charge in [-0.15, -0.1) is 0 Å². The number of aromatic nitrogens is 2. The Balaban J connectivity index is 1.38. The number of aryl methyl sites for hydroxylation is 1. The van der Waals surface area contributed by atoms with Crippen molar-refractivity contribution in [3.63, 3.8) is 0 Å². The molecule has 0 spiro atoms. The molecule has 1 aromatic heterocycles. The van der Waals surface area contributed by atoms with Gasteiger partial charge in [0.15, 0.2) is 11.6 Å². The highest BCUT2D eigenvalue weighted by Crippen LogP contribution is 2.68. The molecule has 146 valence electrons. The largest absolute Gasteiger partial charge is 0.421 e. The highest BCUT2D eigenvalue weighted by atomic mass is 19.1. The third-order valence-corrected chi connectivity index (χ3v) is 5.35. The minimum Gasteiger partial charge on any atom is -0.421 e. The Hall–Kier alpha value is -3.07. The first-order chi connectivity index (χ1) is 13.3. The number of carbonyl (C=O) groups excluding carboxylic acids is 2. The van der Waals surface area contributed by atoms with E-state index in [0.717, 1.165) is 6.07 Å². The summed E-state index contributed by atoms with van der Waals surface area (Å²) in [6.07, 6.45) is 4.82. The first kappa shape index (κ1) is 18.3. The molecular formula is C19H19FN4O4. The molecule has 2 bridgehead atoms. The van der Waals surface area contributed by atoms with Gasteiger partial charge < -0.3 is 14.8 Å². The summed E-state index contributed by atoms with van der Waals surface area (Å²) in [6, 6.07) is 3.56. The number of rotatable bonds is 5. The molecule has 0 radical (unpaired) electrons. The van der Waals surface area contributed by atoms with Gasteiger partial charge in [-0.25, -0.2) is 19.2 Å². The van der Waals surface area contributed by atoms with Gasteiger partial charge in [0, 0.05) is 31.3 Å². The minimum absolute atomic E-state index is 0.0148. The molecule has 2 aromatic rings. The number of urea groups is 1. The SMILES string of the molecule is COC12CC(C(=O)NC(=O)Nc3cc(C)c(Oc4ncccn4)c(F)c3)(C1)C2. The number of methoxy groups -OCH3 is 1. The van der Waals surface area contributed by atoms with Crippen LogP contribution >= 0.6 is 0 Å². The van der Waals surface area contributed by atoms with E-state index in [1.165, 1.54) is 18.5 Å². The minimum atomic E-state index is -0.708. The summed E-state index contributed by atoms with van der Waals surface area (Å²) in [7, 11) is 1.63. The van der Waals surface area contributed by atoms with E-state index in [2.05, 4.69) is 20.6 Å². The van der Waals surface area contributed by atoms with Crippen LogP contribution in [0.25, 0.3) is 0 Å². The quantitative estimate of drug-likeness (QED) is 0.819. The molecule has 3 amide bonds. The third-order valence-electron chi connectivity index (χ3n) is 5.35. The molecule has 5 rings (SSSR count). The van der Waals surface area contributed by atoms with E-state index in [1.807, 2.05) is 0 Å². The number of hydrogen-bond donors (Lipinski definition) is 2. The van der Waals surface area contributed by atoms with Crippen LogP contribution in [0.3, 0.4) is 0 Å². The molecule has 3 saturated carbocycles. The lowest BCUT2D eigenvalue weighted by atomic mass is 9.41. The fraction of sp³-hybridized carbons (Fsp3) is 0.368. The van der Waals surface area contributed by atoms with E-state index < -0.39 is 17.3 Å². The lowest BCUT2D eigenvalue weighted by Crippen LogP contribution is -2.73. The van der Waals surface area contributed by atoms with E-state index in [9.17, 15) is 14.0 Å². The van der Waals surface area contributed by atoms with E-state index in [4.69, 9.17) is 9.47 Å². The molecule has 3 fully saturated rings. The van der Waals surface area contributed by atoms with Crippen LogP contribution in [0.4, 0.5) is 14.9 Å². The van der Waals surface area contributed by atoms with Crippen LogP contribution in [0.1, 0.15) is 24.8 Å². The number of nitrogens with one attached hydrogen (secondary N) is 2. The molecule has 2 N–H and O–H groups in total. The van der Waals surface area contributed by atoms with E-state index in [-0.39, 0.29) is 29.0 Å². The maximum Gasteiger partial charge on any atom is 0.325 e. The Kier molecular flexibility index (Phi) is 4.26. The van der Waals surface area contributed by atoms with Crippen LogP contribution in [0.5, 0.6) is 11.8 Å². The van der Waals surface area contributed by atoms with Crippen molar-refractivity contribution in [3.8, 4) is 11.8 Å². The summed E-state index contributed by atoms with van der Waals surface area (Å²) in [5, 5.41) is 4.80. The molecule has 1 aromatic carbocycles. The van der Waals surface area contributed by atoms with Gasteiger partial charge in [0.25, 0.3) is 0 Å². The van der Waals surface area contributed by atoms with Crippen molar-refractivity contribution in [2.75, 3.05) is 12.4 Å². The fourth-order valence-corrected chi connectivity index (χ4v) is 3.91. The molecule has 0 aliphatic heterocycles. The van der Waals surface area contributed by atoms with E-state index in [1.54, 1.807) is 20.1 Å². The maximum absolute atomic E-state index is 14.4. The Bertz CT molecular complexity index is 907. The predicted molar refractivity (Wildman–Crippen MR) is 96.4 cm³/mol. The third kappa shape index (κ3) is 3.07. The standard InChI is InChI=1S/C19H19FN4O4/c1-11-6-12(7-13(20)14(11)28-17-21-4-3-5-22-17)23-16(26)24-15(25)18-8-19(9-18,10-18)27-2/h3-7H,8-10H2,1-2H3,(H2,23,24,25,26). The average molecular weight is 386 g/mol. The van der Waals surface area contributed by atoms with Gasteiger partial charge in [-0.2, -0.15) is 0 Å². The van der Waals surface area contributed by atoms with Gasteiger partial charge in [-0.3, -0.25) is 10.1 Å². The molecule has 0 saturated heterocycles. The maximum atomic E-state index is 14.4. The van der Waals surface area contributed by atoms with Crippen LogP contribution in [0.15, 0.2) is 30.6 Å². The van der Waals surface area contributed by atoms with Gasteiger partial charge in [0.1, 0.15) is 0 Å². The van der Waals surface area contributed by atoms with Crippen LogP contribution < -0.4 is 15.4 Å². The lowest BCUT2D eigenvalue weighted by Gasteiger charge is -2.67. The zero-order chi connectivity index (χ0) is 19.9. The van der Waals surface area contributed by atoms with Crippen molar-refractivity contribution in [1.29, 1.82) is 0 Å². The Labute approximate surface area is 160 Å². The normalized spacial score (nSPS) is 24.5. The van der Waals surface area contributed by atoms with Gasteiger partial charge >= 0.3 is 12.0 Å². The summed E-state index contributed by atoms with van der Waals surface area (Å²) in [5.41, 5.74) is -0.0584. The summed E-state index contributed by atoms with van der Waals surface area (Å²) in [4.78, 5) is 32.2. The summed E-state index contributed by atoms with van der Waals surface area (Å²) in [6.45, 7) is 1.63. The number of imide groups is 1. The second kappa shape index (κ2) is 6.52. The van der Waals surface area contributed by atoms with E-state index >= 15 is 0 Å². The van der Waals surface area contributed by atoms with Crippen molar-refractivity contribution in [3.05, 3.63) is 42.0 Å². The first-order valence-corrected chi connectivity index (χ1v) is 8.77. The first-order valence-electron chi connectivity index (χ1n) is 8.77. The number of hydrogen-bond acceptors (Lipinski definition) is 6. The van der Waals surface area contributed by atoms with Crippen LogP contribution in [-0.2, 0) is 9.53 Å². The van der Waals surface area contributed by atoms with E-state index in [0.29, 0.717) is 24.8 Å². The Morgan fingerprint density at radius 1 is 1.18 bits per heavy atom. The van der Waals surface area contributed by atoms with Crippen molar-refractivity contribution in [2.24, 2.45) is 5.41 Å². The molecule has 9 heteroatoms. The molecule has 3 aliphatic rings. The average Bonchev–Trinajstić information content (AvgIpc) is 2.57. The predicted octanol–water partition coefficient (Wildman–Crippen LogP) is 2.93. The smallest absolute Gasteiger partial charge is 0.325 e. The van der Waals surface area contributed by atoms with Gasteiger partial charge in [-0.1, -0.05) is 0 Å². The Morgan fingerprint density at radius 3 is 2.46 bits per heavy atom. The lowest BCUT2D eigenvalue weighted by molar-refractivity contribution is -0.262. The number of nitrogens with zero attached hydrogens (tertiary/aromatic N) is 2. The monoisotopic (exact) mass is 386 g/mol. The molecular weight excluding hydrogens is 367 g/mol. The number of carbonyl (C=O) groups is 2. The van der Waals surface area contributed by atoms with Crippen LogP contribution in [0, 0.1) is 18.2 Å². The number of amides is 3. The van der Waals surface area contributed by atoms with Crippen molar-refractivity contribution in [2.45, 2.75) is 31.8 Å². The number of anilines is 1. The highest BCUT2D eigenvalue weighted by Gasteiger charge is 2.72. The number of halogens is 1. The number of ether oxygens (including phenoxy) is 2. The van der Waals surface area contributed by atoms with Crippen molar-refractivity contribution >= 4 is 17.6 Å². The summed E-state index contributed by atoms with van der Waals surface area (Å²) < 4.78 is 25.1. The molecule has 1 heterocycles. The number of benzene rings is 1. The molecule has 3 aliphatic carbocycles. The molecule has 28 heavy (non-hydrogen) atoms. The fourth-order valence-electron chi connectivity index (χ4n) is 3.91. The molecule has 0 atom stereocenters. The second-order valence-electron chi connectivity index (χ2n) is 7.34. The zero-order valence-corrected chi connectivity index (χ0v) is 15.4. The van der Waals surface area contributed by atoms with Gasteiger partial charge in [-0.05, 0) is 43.9 Å². The summed E-state index contributed by atoms with van der Waals surface area (Å²) in [5.74, 6) is -1.05. The van der Waals surface area contributed by atoms with Crippen LogP contribution in [-0.4, -0.2) is 34.6 Å². The van der Waals surface area contributed by atoms with Crippen molar-refractivity contribution in [1.82, 2.24) is 15.3 Å². The molecule has 0 unspecified atom stereocenters. The highest BCUT2D eigenvalue weighted by molar-refractivity contribution is 6.04. The topological polar surface area (TPSA) is 102 Å². The zero-order valence-electron chi connectivity index (χ0n) is 15.4. The molecule has 8 nitrogen and oxygen atoms in total. The van der Waals surface area contributed by atoms with Crippen LogP contribution in [0.2, 0.25) is 0 Å². The van der Waals surface area contributed by atoms with Gasteiger partial charge in [0.05, 0.1) is 11.0 Å².